The van der Waals surface area contributed by atoms with Crippen LogP contribution in [0.1, 0.15) is 25.3 Å². The molecule has 1 aliphatic heterocycles. The molecule has 0 bridgehead atoms. The number of piperidine rings is 1. The number of hydrogen-bond donors (Lipinski definition) is 1. The molecule has 0 spiro atoms. The van der Waals surface area contributed by atoms with Crippen LogP contribution < -0.4 is 5.32 Å². The smallest absolute Gasteiger partial charge is 0.244 e. The van der Waals surface area contributed by atoms with Crippen molar-refractivity contribution in [3.05, 3.63) is 70.8 Å². The zero-order valence-corrected chi connectivity index (χ0v) is 17.2. The lowest BCUT2D eigenvalue weighted by molar-refractivity contribution is -0.126. The number of halogens is 1. The number of carbonyl (C=O) groups is 1. The minimum Gasteiger partial charge on any atom is -0.355 e. The van der Waals surface area contributed by atoms with E-state index in [4.69, 9.17) is 11.6 Å². The predicted octanol–water partition coefficient (Wildman–Crippen LogP) is 3.71. The van der Waals surface area contributed by atoms with Gasteiger partial charge < -0.3 is 5.32 Å². The Morgan fingerprint density at radius 2 is 1.86 bits per heavy atom. The van der Waals surface area contributed by atoms with Crippen LogP contribution in [0.4, 0.5) is 0 Å². The second-order valence-electron chi connectivity index (χ2n) is 6.85. The first kappa shape index (κ1) is 20.6. The van der Waals surface area contributed by atoms with E-state index in [2.05, 4.69) is 5.32 Å². The van der Waals surface area contributed by atoms with Gasteiger partial charge in [0, 0.05) is 18.1 Å². The lowest BCUT2D eigenvalue weighted by Crippen LogP contribution is -2.52. The summed E-state index contributed by atoms with van der Waals surface area (Å²) in [5.74, 6) is -0.253. The van der Waals surface area contributed by atoms with Gasteiger partial charge in [0.2, 0.25) is 15.9 Å². The Balaban J connectivity index is 1.96. The fraction of sp³-hybridized carbons (Fsp3) is 0.286. The summed E-state index contributed by atoms with van der Waals surface area (Å²) in [7, 11) is -3.86. The molecule has 1 atom stereocenters. The number of carbonyl (C=O) groups excluding carboxylic acids is 1. The lowest BCUT2D eigenvalue weighted by Gasteiger charge is -2.33. The van der Waals surface area contributed by atoms with Gasteiger partial charge in [-0.15, -0.1) is 0 Å². The molecule has 28 heavy (non-hydrogen) atoms. The van der Waals surface area contributed by atoms with Crippen molar-refractivity contribution >= 4 is 33.6 Å². The fourth-order valence-electron chi connectivity index (χ4n) is 3.26. The SMILES string of the molecule is CC(=Cc1ccccc1)CN(C1CCCNC1=O)S(=O)(=O)c1ccc(Cl)cc1. The standard InChI is InChI=1S/C21H23ClN2O3S/c1-16(14-17-6-3-2-4-7-17)15-24(20-8-5-13-23-21(20)25)28(26,27)19-11-9-18(22)10-12-19/h2-4,6-7,9-12,14,20H,5,8,13,15H2,1H3,(H,23,25). The van der Waals surface area contributed by atoms with Gasteiger partial charge in [0.1, 0.15) is 6.04 Å². The van der Waals surface area contributed by atoms with Crippen molar-refractivity contribution < 1.29 is 13.2 Å². The molecule has 5 nitrogen and oxygen atoms in total. The van der Waals surface area contributed by atoms with E-state index in [-0.39, 0.29) is 17.3 Å². The molecule has 0 radical (unpaired) electrons. The quantitative estimate of drug-likeness (QED) is 0.777. The maximum Gasteiger partial charge on any atom is 0.244 e. The molecule has 1 N–H and O–H groups in total. The van der Waals surface area contributed by atoms with Crippen LogP contribution >= 0.6 is 11.6 Å². The summed E-state index contributed by atoms with van der Waals surface area (Å²) in [6, 6.07) is 15.0. The molecule has 1 unspecified atom stereocenters. The van der Waals surface area contributed by atoms with Gasteiger partial charge in [-0.2, -0.15) is 4.31 Å². The van der Waals surface area contributed by atoms with E-state index in [1.807, 2.05) is 43.3 Å². The Morgan fingerprint density at radius 3 is 2.50 bits per heavy atom. The highest BCUT2D eigenvalue weighted by Gasteiger charge is 2.37. The van der Waals surface area contributed by atoms with Crippen LogP contribution in [-0.4, -0.2) is 37.8 Å². The highest BCUT2D eigenvalue weighted by molar-refractivity contribution is 7.89. The molecule has 1 aliphatic rings. The lowest BCUT2D eigenvalue weighted by atomic mass is 10.1. The maximum absolute atomic E-state index is 13.4. The van der Waals surface area contributed by atoms with E-state index < -0.39 is 16.1 Å². The third kappa shape index (κ3) is 4.82. The number of sulfonamides is 1. The Kier molecular flexibility index (Phi) is 6.54. The second-order valence-corrected chi connectivity index (χ2v) is 9.18. The van der Waals surface area contributed by atoms with Gasteiger partial charge in [-0.3, -0.25) is 4.79 Å². The van der Waals surface area contributed by atoms with E-state index in [1.54, 1.807) is 12.1 Å². The van der Waals surface area contributed by atoms with Gasteiger partial charge >= 0.3 is 0 Å². The van der Waals surface area contributed by atoms with Crippen LogP contribution in [0.25, 0.3) is 6.08 Å². The minimum absolute atomic E-state index is 0.128. The molecule has 2 aromatic rings. The van der Waals surface area contributed by atoms with Gasteiger partial charge in [-0.1, -0.05) is 53.6 Å². The summed E-state index contributed by atoms with van der Waals surface area (Å²) in [6.07, 6.45) is 3.17. The second kappa shape index (κ2) is 8.90. The van der Waals surface area contributed by atoms with Crippen molar-refractivity contribution in [1.29, 1.82) is 0 Å². The number of rotatable bonds is 6. The monoisotopic (exact) mass is 418 g/mol. The first-order chi connectivity index (χ1) is 13.4. The molecule has 148 valence electrons. The molecule has 1 fully saturated rings. The third-order valence-corrected chi connectivity index (χ3v) is 6.76. The average Bonchev–Trinajstić information content (AvgIpc) is 2.68. The fourth-order valence-corrected chi connectivity index (χ4v) is 5.05. The highest BCUT2D eigenvalue weighted by atomic mass is 35.5. The van der Waals surface area contributed by atoms with Crippen LogP contribution in [0.15, 0.2) is 65.1 Å². The van der Waals surface area contributed by atoms with Crippen molar-refractivity contribution in [2.24, 2.45) is 0 Å². The molecule has 0 saturated carbocycles. The van der Waals surface area contributed by atoms with Crippen LogP contribution in [0, 0.1) is 0 Å². The van der Waals surface area contributed by atoms with Crippen molar-refractivity contribution in [2.75, 3.05) is 13.1 Å². The van der Waals surface area contributed by atoms with E-state index in [1.165, 1.54) is 16.4 Å². The number of hydrogen-bond acceptors (Lipinski definition) is 3. The number of nitrogens with one attached hydrogen (secondary N) is 1. The maximum atomic E-state index is 13.4. The first-order valence-electron chi connectivity index (χ1n) is 9.15. The van der Waals surface area contributed by atoms with Gasteiger partial charge in [0.05, 0.1) is 4.90 Å². The Labute approximate surface area is 171 Å². The summed E-state index contributed by atoms with van der Waals surface area (Å²) >= 11 is 5.91. The van der Waals surface area contributed by atoms with E-state index >= 15 is 0 Å². The summed E-state index contributed by atoms with van der Waals surface area (Å²) in [4.78, 5) is 12.6. The molecule has 0 aliphatic carbocycles. The highest BCUT2D eigenvalue weighted by Crippen LogP contribution is 2.25. The number of nitrogens with zero attached hydrogens (tertiary/aromatic N) is 1. The summed E-state index contributed by atoms with van der Waals surface area (Å²) in [5.41, 5.74) is 1.83. The largest absolute Gasteiger partial charge is 0.355 e. The Morgan fingerprint density at radius 1 is 1.18 bits per heavy atom. The van der Waals surface area contributed by atoms with E-state index in [9.17, 15) is 13.2 Å². The summed E-state index contributed by atoms with van der Waals surface area (Å²) in [6.45, 7) is 2.58. The van der Waals surface area contributed by atoms with E-state index in [0.717, 1.165) is 17.6 Å². The normalized spacial score (nSPS) is 18.2. The van der Waals surface area contributed by atoms with Crippen molar-refractivity contribution in [3.8, 4) is 0 Å². The van der Waals surface area contributed by atoms with Crippen molar-refractivity contribution in [3.63, 3.8) is 0 Å². The van der Waals surface area contributed by atoms with Gasteiger partial charge in [-0.05, 0) is 49.6 Å². The zero-order valence-electron chi connectivity index (χ0n) is 15.6. The van der Waals surface area contributed by atoms with Crippen LogP contribution in [0.2, 0.25) is 5.02 Å². The topological polar surface area (TPSA) is 66.5 Å². The van der Waals surface area contributed by atoms with Crippen LogP contribution in [0.5, 0.6) is 0 Å². The molecule has 0 aromatic heterocycles. The van der Waals surface area contributed by atoms with Gasteiger partial charge in [0.25, 0.3) is 0 Å². The molecule has 7 heteroatoms. The minimum atomic E-state index is -3.86. The predicted molar refractivity (Wildman–Crippen MR) is 111 cm³/mol. The summed E-state index contributed by atoms with van der Waals surface area (Å²) in [5, 5.41) is 3.24. The van der Waals surface area contributed by atoms with Crippen molar-refractivity contribution in [1.82, 2.24) is 9.62 Å². The molecule has 1 saturated heterocycles. The van der Waals surface area contributed by atoms with Gasteiger partial charge in [0.15, 0.2) is 0 Å². The van der Waals surface area contributed by atoms with Crippen molar-refractivity contribution in [2.45, 2.75) is 30.7 Å². The molecule has 2 aromatic carbocycles. The molecule has 3 rings (SSSR count). The van der Waals surface area contributed by atoms with Crippen LogP contribution in [-0.2, 0) is 14.8 Å². The van der Waals surface area contributed by atoms with Gasteiger partial charge in [-0.25, -0.2) is 8.42 Å². The molecular weight excluding hydrogens is 396 g/mol. The third-order valence-electron chi connectivity index (χ3n) is 4.64. The van der Waals surface area contributed by atoms with Crippen LogP contribution in [0.3, 0.4) is 0 Å². The van der Waals surface area contributed by atoms with E-state index in [0.29, 0.717) is 18.0 Å². The Bertz CT molecular complexity index is 957. The number of amides is 1. The number of benzene rings is 2. The Hall–Kier alpha value is -2.15. The molecule has 1 amide bonds. The molecular formula is C21H23ClN2O3S. The average molecular weight is 419 g/mol. The zero-order chi connectivity index (χ0) is 20.1. The molecule has 1 heterocycles. The first-order valence-corrected chi connectivity index (χ1v) is 11.0. The summed E-state index contributed by atoms with van der Waals surface area (Å²) < 4.78 is 28.0.